The molecule has 0 bridgehead atoms. The van der Waals surface area contributed by atoms with E-state index in [2.05, 4.69) is 61.5 Å². The van der Waals surface area contributed by atoms with Crippen LogP contribution < -0.4 is 20.9 Å². The van der Waals surface area contributed by atoms with Crippen molar-refractivity contribution in [3.63, 3.8) is 0 Å². The van der Waals surface area contributed by atoms with Crippen LogP contribution in [0.25, 0.3) is 0 Å². The number of benzene rings is 2. The van der Waals surface area contributed by atoms with Gasteiger partial charge in [0.05, 0.1) is 48.3 Å². The third kappa shape index (κ3) is 18.3. The third-order valence-electron chi connectivity index (χ3n) is 8.31. The van der Waals surface area contributed by atoms with Crippen LogP contribution in [-0.4, -0.2) is 80.9 Å². The second-order valence-corrected chi connectivity index (χ2v) is 17.0. The second kappa shape index (κ2) is 25.1. The summed E-state index contributed by atoms with van der Waals surface area (Å²) in [6, 6.07) is 12.1. The molecule has 63 heavy (non-hydrogen) atoms. The number of hydrogen-bond acceptors (Lipinski definition) is 8. The van der Waals surface area contributed by atoms with E-state index in [9.17, 15) is 36.7 Å². The third-order valence-corrected chi connectivity index (χ3v) is 9.03. The number of amides is 4. The number of carbonyl (C=O) groups excluding carboxylic acids is 4. The molecule has 0 atom stereocenters. The Labute approximate surface area is 396 Å². The Bertz CT molecular complexity index is 2200. The first-order chi connectivity index (χ1) is 29.7. The molecule has 4 aromatic rings. The zero-order valence-corrected chi connectivity index (χ0v) is 40.6. The Kier molecular flexibility index (Phi) is 21.1. The summed E-state index contributed by atoms with van der Waals surface area (Å²) in [6.45, 7) is 11.6. The summed E-state index contributed by atoms with van der Waals surface area (Å²) in [7, 11) is 0. The van der Waals surface area contributed by atoms with E-state index < -0.39 is 23.4 Å². The Morgan fingerprint density at radius 3 is 1.63 bits per heavy atom. The fourth-order valence-electron chi connectivity index (χ4n) is 5.65. The van der Waals surface area contributed by atoms with Crippen LogP contribution in [0, 0.1) is 15.2 Å². The van der Waals surface area contributed by atoms with Crippen LogP contribution in [0.15, 0.2) is 84.7 Å². The van der Waals surface area contributed by atoms with Gasteiger partial charge in [-0.05, 0) is 124 Å². The van der Waals surface area contributed by atoms with Gasteiger partial charge in [-0.15, -0.1) is 0 Å². The van der Waals surface area contributed by atoms with E-state index in [1.54, 1.807) is 103 Å². The number of nitrogens with zero attached hydrogens (tertiary/aromatic N) is 5. The quantitative estimate of drug-likeness (QED) is 0.0855. The van der Waals surface area contributed by atoms with Crippen molar-refractivity contribution in [2.24, 2.45) is 0 Å². The summed E-state index contributed by atoms with van der Waals surface area (Å²) in [5.74, 6) is -0.963. The zero-order chi connectivity index (χ0) is 46.9. The van der Waals surface area contributed by atoms with Gasteiger partial charge in [0.1, 0.15) is 22.8 Å². The van der Waals surface area contributed by atoms with E-state index in [1.807, 2.05) is 0 Å². The number of ether oxygens (including phenoxy) is 2. The molecule has 2 aliphatic heterocycles. The van der Waals surface area contributed by atoms with Crippen molar-refractivity contribution in [2.45, 2.75) is 78.7 Å². The normalized spacial score (nSPS) is 13.7. The van der Waals surface area contributed by atoms with Crippen molar-refractivity contribution in [3.8, 4) is 0 Å². The number of halogens is 6. The van der Waals surface area contributed by atoms with Crippen LogP contribution in [0.5, 0.6) is 0 Å². The molecule has 0 saturated heterocycles. The average molecular weight is 1160 g/mol. The first-order valence-corrected chi connectivity index (χ1v) is 23.4. The molecular formula is C42H49CuF4I2N8O6. The van der Waals surface area contributed by atoms with Gasteiger partial charge in [0.2, 0.25) is 0 Å². The molecule has 0 fully saturated rings. The molecule has 0 aliphatic carbocycles. The molecule has 0 radical (unpaired) electrons. The van der Waals surface area contributed by atoms with Crippen molar-refractivity contribution in [1.29, 1.82) is 0 Å². The molecule has 4 amide bonds. The van der Waals surface area contributed by atoms with Crippen molar-refractivity contribution in [1.82, 2.24) is 35.5 Å². The first-order valence-electron chi connectivity index (χ1n) is 19.2. The fourth-order valence-corrected chi connectivity index (χ4v) is 6.01. The summed E-state index contributed by atoms with van der Waals surface area (Å²) < 4.78 is 65.8. The molecule has 14 nitrogen and oxygen atoms in total. The number of hydrogen-bond donors (Lipinski definition) is 3. The number of rotatable bonds is 9. The summed E-state index contributed by atoms with van der Waals surface area (Å²) >= 11 is 8.00. The predicted octanol–water partition coefficient (Wildman–Crippen LogP) is 8.46. The topological polar surface area (TPSA) is 162 Å². The molecule has 0 unspecified atom stereocenters. The molecule has 6 rings (SSSR count). The Morgan fingerprint density at radius 2 is 1.21 bits per heavy atom. The average Bonchev–Trinajstić information content (AvgIpc) is 3.84. The van der Waals surface area contributed by atoms with Gasteiger partial charge in [0, 0.05) is 60.7 Å². The van der Waals surface area contributed by atoms with E-state index >= 15 is 0 Å². The zero-order valence-electron chi connectivity index (χ0n) is 35.3. The summed E-state index contributed by atoms with van der Waals surface area (Å²) in [4.78, 5) is 49.4. The van der Waals surface area contributed by atoms with Crippen LogP contribution in [-0.2, 0) is 48.2 Å². The van der Waals surface area contributed by atoms with E-state index in [0.29, 0.717) is 72.4 Å². The Balaban J connectivity index is 0.000000281. The number of anilines is 1. The molecule has 2 aromatic heterocycles. The van der Waals surface area contributed by atoms with Crippen molar-refractivity contribution in [2.75, 3.05) is 31.1 Å². The summed E-state index contributed by atoms with van der Waals surface area (Å²) in [5.41, 5.74) is 2.17. The van der Waals surface area contributed by atoms with Crippen LogP contribution in [0.1, 0.15) is 73.6 Å². The SMILES string of the molecule is CC(C)(C)OC(=O)NC/C(=C\F)Cn1cc2c(n1)CCN(c1ccc(F)cc1)C2=O.CC(C)(C)OC(=O)NC/C(=C\F)Cn1cc2c(n1)CCNC2=O.Fc1ccc(I)cc1.[Cu][I]. The minimum absolute atomic E-state index is 0.00212. The molecule has 2 aromatic carbocycles. The standard InChI is InChI=1S/C21H24F2N4O3.C15H21FN4O3.C6H4FI.Cu.HI/c1-21(2,3)30-20(29)24-11-14(10-22)12-26-13-17-18(25-26)8-9-27(19(17)28)16-6-4-15(23)5-7-16;1-15(2,3)23-14(22)18-7-10(6-16)8-20-9-11-12(19-20)4-5-17-13(11)21;7-5-1-3-6(8)4-2-5;;/h4-7,10,13H,8-9,11-12H2,1-3H3,(H,24,29);6,9H,4-5,7-8H2,1-3H3,(H,17,21)(H,18,22);1-4H;;1H/q;;;+1;/p-1/b14-10+;10-6+;;;. The number of nitrogens with one attached hydrogen (secondary N) is 3. The van der Waals surface area contributed by atoms with Gasteiger partial charge < -0.3 is 30.3 Å². The minimum atomic E-state index is -0.651. The second-order valence-electron chi connectivity index (χ2n) is 15.7. The summed E-state index contributed by atoms with van der Waals surface area (Å²) in [5, 5.41) is 16.4. The van der Waals surface area contributed by atoms with E-state index in [1.165, 1.54) is 33.6 Å². The fraction of sp³-hybridized carbons (Fsp3) is 0.381. The van der Waals surface area contributed by atoms with Crippen molar-refractivity contribution in [3.05, 3.63) is 122 Å². The maximum absolute atomic E-state index is 13.3. The van der Waals surface area contributed by atoms with Crippen LogP contribution in [0.3, 0.4) is 0 Å². The van der Waals surface area contributed by atoms with Gasteiger partial charge in [-0.25, -0.2) is 27.2 Å². The number of aromatic nitrogens is 4. The van der Waals surface area contributed by atoms with Gasteiger partial charge >= 0.3 is 45.3 Å². The maximum atomic E-state index is 13.3. The van der Waals surface area contributed by atoms with Crippen molar-refractivity contribution >= 4 is 72.6 Å². The van der Waals surface area contributed by atoms with E-state index in [-0.39, 0.29) is 55.2 Å². The molecule has 2 aliphatic rings. The molecule has 3 N–H and O–H groups in total. The number of fused-ring (bicyclic) bond motifs is 2. The van der Waals surface area contributed by atoms with Gasteiger partial charge in [-0.1, -0.05) is 0 Å². The molecule has 4 heterocycles. The molecule has 0 saturated carbocycles. The summed E-state index contributed by atoms with van der Waals surface area (Å²) in [6.07, 6.45) is 3.89. The first kappa shape index (κ1) is 52.9. The predicted molar refractivity (Wildman–Crippen MR) is 242 cm³/mol. The molecule has 0 spiro atoms. The van der Waals surface area contributed by atoms with Crippen molar-refractivity contribution < 1.29 is 59.0 Å². The van der Waals surface area contributed by atoms with Crippen LogP contribution >= 0.6 is 42.9 Å². The molecule has 21 heteroatoms. The van der Waals surface area contributed by atoms with Gasteiger partial charge in [-0.2, -0.15) is 10.2 Å². The van der Waals surface area contributed by atoms with Crippen LogP contribution in [0.4, 0.5) is 32.8 Å². The van der Waals surface area contributed by atoms with E-state index in [4.69, 9.17) is 9.47 Å². The van der Waals surface area contributed by atoms with Gasteiger partial charge in [-0.3, -0.25) is 19.0 Å². The molecule has 346 valence electrons. The monoisotopic (exact) mass is 1150 g/mol. The Morgan fingerprint density at radius 1 is 0.762 bits per heavy atom. The molecular weight excluding hydrogens is 1110 g/mol. The van der Waals surface area contributed by atoms with E-state index in [0.717, 1.165) is 3.57 Å². The van der Waals surface area contributed by atoms with Gasteiger partial charge in [0.25, 0.3) is 11.8 Å². The van der Waals surface area contributed by atoms with Gasteiger partial charge in [0.15, 0.2) is 0 Å². The Hall–Kier alpha value is -4.48. The number of alkyl carbamates (subject to hydrolysis) is 2. The van der Waals surface area contributed by atoms with Crippen LogP contribution in [0.2, 0.25) is 0 Å². The number of carbonyl (C=O) groups is 4.